The molecule has 3 saturated carbocycles. The third-order valence-electron chi connectivity index (χ3n) is 20.8. The Morgan fingerprint density at radius 3 is 1.20 bits per heavy atom. The zero-order valence-electron chi connectivity index (χ0n) is 65.4. The van der Waals surface area contributed by atoms with Crippen molar-refractivity contribution in [1.82, 2.24) is 46.0 Å². The molecule has 5 N–H and O–H groups in total. The Morgan fingerprint density at radius 1 is 0.500 bits per heavy atom. The van der Waals surface area contributed by atoms with Gasteiger partial charge in [0.1, 0.15) is 50.5 Å². The molecule has 6 atom stereocenters. The van der Waals surface area contributed by atoms with Gasteiger partial charge in [0.05, 0.1) is 39.5 Å². The highest BCUT2D eigenvalue weighted by atomic mass is 28.3. The van der Waals surface area contributed by atoms with E-state index in [1.165, 1.54) is 36.0 Å². The molecule has 19 nitrogen and oxygen atoms in total. The Balaban J connectivity index is 0.000000177. The summed E-state index contributed by atoms with van der Waals surface area (Å²) in [6, 6.07) is 30.3. The normalized spacial score (nSPS) is 19.1. The Kier molecular flexibility index (Phi) is 29.8. The zero-order valence-corrected chi connectivity index (χ0v) is 67.4. The number of nitrogens with zero attached hydrogens (tertiary/aromatic N) is 5. The molecule has 6 heterocycles. The summed E-state index contributed by atoms with van der Waals surface area (Å²) in [7, 11) is 1.85. The van der Waals surface area contributed by atoms with E-state index in [4.69, 9.17) is 25.7 Å². The summed E-state index contributed by atoms with van der Waals surface area (Å²) in [4.78, 5) is 91.4. The Morgan fingerprint density at radius 2 is 0.870 bits per heavy atom. The van der Waals surface area contributed by atoms with Crippen molar-refractivity contribution in [2.75, 3.05) is 21.3 Å². The Hall–Kier alpha value is -9.60. The second kappa shape index (κ2) is 39.0. The number of hydrogen-bond donors (Lipinski definition) is 5. The highest BCUT2D eigenvalue weighted by Gasteiger charge is 2.41. The molecule has 0 saturated heterocycles. The average molecular weight is 1500 g/mol. The predicted molar refractivity (Wildman–Crippen MR) is 429 cm³/mol. The van der Waals surface area contributed by atoms with E-state index in [9.17, 15) is 28.8 Å². The number of methoxy groups -OCH3 is 3. The highest BCUT2D eigenvalue weighted by Crippen LogP contribution is 2.43. The molecular weight excluding hydrogens is 1390 g/mol. The largest absolute Gasteiger partial charge is 0.497 e. The number of nitrogens with one attached hydrogen (secondary N) is 4. The van der Waals surface area contributed by atoms with E-state index in [0.717, 1.165) is 166 Å². The second-order valence-corrected chi connectivity index (χ2v) is 40.8. The molecule has 3 aliphatic carbocycles. The molecule has 5 amide bonds. The number of aliphatic carboxylic acids is 1. The third kappa shape index (κ3) is 22.5. The van der Waals surface area contributed by atoms with Crippen LogP contribution in [0.4, 0.5) is 0 Å². The summed E-state index contributed by atoms with van der Waals surface area (Å²) in [6.45, 7) is 19.0. The second-order valence-electron chi connectivity index (χ2n) is 31.3. The van der Waals surface area contributed by atoms with Gasteiger partial charge >= 0.3 is 5.97 Å². The molecular formula is C87H111N9O10Si2. The van der Waals surface area contributed by atoms with Crippen LogP contribution in [0.3, 0.4) is 0 Å². The number of benzene rings is 3. The standard InChI is InChI=1S/C30H39N3O3Si.C27H31N3O3.C24H31N3O2.C6H10O2Si/c1-6-7-11-24-18-22-19-25(36-2)13-14-26(22)29(33(24)28(34)16-17-37(3,4)5)21-12-15-27(31-20-21)30(35)32-23-9-8-10-23;1-4-6-10-21-15-19-16-22(33-3)12-13-23(19)26(30(21)25(31)5-2)18-11-14-24(28-17-18)27(32)29-20-8-7-9-20;1-3-4-6-19-13-17-14-20(29-2)10-11-21(17)23(26-19)16-9-12-22(25-15-16)24(28)27-18-7-5-8-18;1-9(2,3)5-4-6(7)8/h12-15,19-20,23-24,29H,6-11,18H2,1-5H3,(H,32,35);2,11-14,16-17,20-21,26H,4,6-10,15H2,1,3H3,(H,29,32);9-12,14-15,18-19,23,26H,3-8,13H2,1-2H3,(H,27,28);1-3H3,(H,7,8)/t24-,29-;21-,26-;19-,23-;/m000./s1. The molecule has 0 radical (unpaired) electrons. The summed E-state index contributed by atoms with van der Waals surface area (Å²) in [6.07, 6.45) is 32.6. The maximum Gasteiger partial charge on any atom is 0.381 e. The number of fused-ring (bicyclic) bond motifs is 3. The first-order chi connectivity index (χ1) is 51.8. The molecule has 3 aliphatic heterocycles. The number of ether oxygens (including phenoxy) is 3. The van der Waals surface area contributed by atoms with Crippen molar-refractivity contribution in [1.29, 1.82) is 0 Å². The fourth-order valence-electron chi connectivity index (χ4n) is 14.2. The first-order valence-electron chi connectivity index (χ1n) is 38.8. The van der Waals surface area contributed by atoms with E-state index in [1.54, 1.807) is 45.9 Å². The van der Waals surface area contributed by atoms with Gasteiger partial charge in [0.25, 0.3) is 29.5 Å². The highest BCUT2D eigenvalue weighted by molar-refractivity contribution is 6.84. The van der Waals surface area contributed by atoms with Crippen LogP contribution in [0, 0.1) is 35.3 Å². The lowest BCUT2D eigenvalue weighted by Gasteiger charge is -2.43. The summed E-state index contributed by atoms with van der Waals surface area (Å²) in [5.74, 6) is 8.11. The minimum atomic E-state index is -1.73. The first kappa shape index (κ1) is 82.5. The van der Waals surface area contributed by atoms with Crippen LogP contribution in [-0.2, 0) is 33.6 Å². The van der Waals surface area contributed by atoms with Crippen LogP contribution < -0.4 is 35.5 Å². The number of unbranched alkanes of at least 4 members (excludes halogenated alkanes) is 3. The molecule has 0 unspecified atom stereocenters. The number of carboxylic acids is 1. The van der Waals surface area contributed by atoms with E-state index in [0.29, 0.717) is 29.2 Å². The van der Waals surface area contributed by atoms with E-state index in [1.807, 2.05) is 90.2 Å². The SMILES string of the molecule is C#CC(=O)N1[C@@H](CCCC)Cc2cc(OC)ccc2[C@@H]1c1ccc(C(=O)NC2CCC2)nc1.CCCC[C@H]1Cc2cc(OC)ccc2[C@H](c2ccc(C(=O)NC3CCC3)nc2)N1.CCCC[C@H]1Cc2cc(OC)ccc2[C@H](c2ccc(C(=O)NC3CCC3)nc2)N1C(=O)C#C[Si](C)(C)C.C[Si](C)(C)C#CC(=O)O. The van der Waals surface area contributed by atoms with Crippen LogP contribution in [0.1, 0.15) is 236 Å². The summed E-state index contributed by atoms with van der Waals surface area (Å²) < 4.78 is 16.4. The molecule has 0 spiro atoms. The summed E-state index contributed by atoms with van der Waals surface area (Å²) in [5, 5.41) is 21.1. The fourth-order valence-corrected chi connectivity index (χ4v) is 15.2. The van der Waals surface area contributed by atoms with Crippen molar-refractivity contribution in [3.05, 3.63) is 177 Å². The van der Waals surface area contributed by atoms with Crippen molar-refractivity contribution in [2.24, 2.45) is 0 Å². The lowest BCUT2D eigenvalue weighted by molar-refractivity contribution is -0.131. The quantitative estimate of drug-likeness (QED) is 0.0333. The van der Waals surface area contributed by atoms with Crippen molar-refractivity contribution in [2.45, 2.75) is 249 Å². The molecule has 12 rings (SSSR count). The monoisotopic (exact) mass is 1500 g/mol. The number of terminal acetylenes is 1. The number of carbonyl (C=O) groups excluding carboxylic acids is 5. The zero-order chi connectivity index (χ0) is 77.7. The van der Waals surface area contributed by atoms with Crippen molar-refractivity contribution < 1.29 is 48.1 Å². The predicted octanol–water partition coefficient (Wildman–Crippen LogP) is 14.4. The number of amides is 5. The minimum absolute atomic E-state index is 0.0142. The van der Waals surface area contributed by atoms with E-state index in [-0.39, 0.29) is 71.8 Å². The summed E-state index contributed by atoms with van der Waals surface area (Å²) >= 11 is 0. The molecule has 3 aromatic heterocycles. The van der Waals surface area contributed by atoms with Gasteiger partial charge in [-0.2, -0.15) is 0 Å². The van der Waals surface area contributed by atoms with Crippen LogP contribution >= 0.6 is 0 Å². The molecule has 108 heavy (non-hydrogen) atoms. The first-order valence-corrected chi connectivity index (χ1v) is 45.8. The molecule has 6 aliphatic rings. The van der Waals surface area contributed by atoms with Crippen molar-refractivity contribution in [3.8, 4) is 52.5 Å². The fraction of sp³-hybridized carbons (Fsp3) is 0.483. The average Bonchev–Trinajstić information content (AvgIpc) is 0.762. The smallest absolute Gasteiger partial charge is 0.381 e. The van der Waals surface area contributed by atoms with E-state index >= 15 is 0 Å². The van der Waals surface area contributed by atoms with Gasteiger partial charge in [0.15, 0.2) is 0 Å². The molecule has 21 heteroatoms. The van der Waals surface area contributed by atoms with Gasteiger partial charge in [-0.1, -0.05) is 135 Å². The van der Waals surface area contributed by atoms with Gasteiger partial charge in [0.2, 0.25) is 0 Å². The lowest BCUT2D eigenvalue weighted by atomic mass is 9.83. The Bertz CT molecular complexity index is 4270. The number of aromatic nitrogens is 3. The third-order valence-corrected chi connectivity index (χ3v) is 22.5. The van der Waals surface area contributed by atoms with Crippen LogP contribution in [0.25, 0.3) is 0 Å². The maximum atomic E-state index is 13.7. The minimum Gasteiger partial charge on any atom is -0.497 e. The van der Waals surface area contributed by atoms with Crippen LogP contribution in [0.15, 0.2) is 110 Å². The van der Waals surface area contributed by atoms with E-state index < -0.39 is 22.1 Å². The molecule has 3 fully saturated rings. The number of pyridine rings is 3. The molecule has 3 aromatic carbocycles. The topological polar surface area (TPSA) is 244 Å². The molecule has 572 valence electrons. The molecule has 6 aromatic rings. The van der Waals surface area contributed by atoms with Crippen LogP contribution in [-0.4, -0.2) is 139 Å². The van der Waals surface area contributed by atoms with Crippen LogP contribution in [0.5, 0.6) is 17.2 Å². The number of hydrogen-bond acceptors (Lipinski definition) is 13. The maximum absolute atomic E-state index is 13.7. The lowest BCUT2D eigenvalue weighted by Crippen LogP contribution is -2.47. The number of carbonyl (C=O) groups is 6. The number of rotatable bonds is 21. The Labute approximate surface area is 642 Å². The van der Waals surface area contributed by atoms with E-state index in [2.05, 4.69) is 130 Å². The van der Waals surface area contributed by atoms with Gasteiger partial charge in [0, 0.05) is 60.8 Å². The van der Waals surface area contributed by atoms with Gasteiger partial charge in [-0.05, 0) is 213 Å². The van der Waals surface area contributed by atoms with Crippen molar-refractivity contribution >= 4 is 51.7 Å². The van der Waals surface area contributed by atoms with Gasteiger partial charge in [-0.25, -0.2) is 4.79 Å². The van der Waals surface area contributed by atoms with Crippen molar-refractivity contribution in [3.63, 3.8) is 0 Å². The number of carboxylic acid groups (broad SMARTS) is 1. The van der Waals surface area contributed by atoms with Gasteiger partial charge < -0.3 is 50.4 Å². The van der Waals surface area contributed by atoms with Gasteiger partial charge in [-0.15, -0.1) is 17.5 Å². The summed E-state index contributed by atoms with van der Waals surface area (Å²) in [5.41, 5.74) is 17.1. The van der Waals surface area contributed by atoms with Crippen LogP contribution in [0.2, 0.25) is 39.3 Å². The van der Waals surface area contributed by atoms with Gasteiger partial charge in [-0.3, -0.25) is 38.9 Å². The molecule has 0 bridgehead atoms.